The molecule has 0 amide bonds. The van der Waals surface area contributed by atoms with Crippen molar-refractivity contribution in [2.75, 3.05) is 6.61 Å². The molecule has 0 aliphatic carbocycles. The number of fused-ring (bicyclic) bond motifs is 1. The third-order valence-corrected chi connectivity index (χ3v) is 2.85. The molecule has 0 saturated carbocycles. The molecule has 1 aliphatic rings. The number of ketones is 1. The van der Waals surface area contributed by atoms with Crippen molar-refractivity contribution in [2.45, 2.75) is 33.1 Å². The Morgan fingerprint density at radius 1 is 1.40 bits per heavy atom. The fourth-order valence-electron chi connectivity index (χ4n) is 1.93. The summed E-state index contributed by atoms with van der Waals surface area (Å²) in [5.41, 5.74) is 3.16. The zero-order chi connectivity index (χ0) is 11.0. The second kappa shape index (κ2) is 3.69. The van der Waals surface area contributed by atoms with Crippen LogP contribution in [0, 0.1) is 0 Å². The molecule has 0 radical (unpaired) electrons. The first-order valence-electron chi connectivity index (χ1n) is 5.40. The first kappa shape index (κ1) is 10.2. The van der Waals surface area contributed by atoms with E-state index in [1.54, 1.807) is 6.92 Å². The van der Waals surface area contributed by atoms with E-state index in [1.807, 2.05) is 6.07 Å². The zero-order valence-corrected chi connectivity index (χ0v) is 9.46. The maximum Gasteiger partial charge on any atom is 0.163 e. The molecule has 0 bridgehead atoms. The van der Waals surface area contributed by atoms with E-state index in [1.165, 1.54) is 11.1 Å². The Morgan fingerprint density at radius 2 is 2.13 bits per heavy atom. The molecular weight excluding hydrogens is 188 g/mol. The minimum atomic E-state index is 0.0932. The second-order valence-corrected chi connectivity index (χ2v) is 4.37. The number of ether oxygens (including phenoxy) is 1. The number of carbonyl (C=O) groups is 1. The zero-order valence-electron chi connectivity index (χ0n) is 9.46. The van der Waals surface area contributed by atoms with E-state index in [2.05, 4.69) is 19.9 Å². The molecule has 15 heavy (non-hydrogen) atoms. The Hall–Kier alpha value is -1.31. The van der Waals surface area contributed by atoms with Crippen LogP contribution in [-0.2, 0) is 6.42 Å². The Labute approximate surface area is 90.3 Å². The van der Waals surface area contributed by atoms with Gasteiger partial charge in [-0.3, -0.25) is 4.79 Å². The van der Waals surface area contributed by atoms with Crippen LogP contribution in [0.15, 0.2) is 12.1 Å². The van der Waals surface area contributed by atoms with E-state index in [0.717, 1.165) is 17.7 Å². The molecule has 2 nitrogen and oxygen atoms in total. The van der Waals surface area contributed by atoms with Gasteiger partial charge in [0.05, 0.1) is 12.2 Å². The molecule has 0 fully saturated rings. The number of rotatable bonds is 2. The minimum Gasteiger partial charge on any atom is -0.492 e. The van der Waals surface area contributed by atoms with Gasteiger partial charge < -0.3 is 4.74 Å². The highest BCUT2D eigenvalue weighted by Crippen LogP contribution is 2.33. The van der Waals surface area contributed by atoms with Crippen LogP contribution in [-0.4, -0.2) is 12.4 Å². The standard InChI is InChI=1S/C13H16O2/c1-8(2)11-6-10-4-5-15-13(10)12(7-11)9(3)14/h6-8H,4-5H2,1-3H3. The molecule has 1 aliphatic heterocycles. The molecule has 0 aromatic heterocycles. The van der Waals surface area contributed by atoms with Crippen LogP contribution in [0.25, 0.3) is 0 Å². The predicted octanol–water partition coefficient (Wildman–Crippen LogP) is 2.95. The highest BCUT2D eigenvalue weighted by molar-refractivity contribution is 5.97. The Bertz CT molecular complexity index is 405. The van der Waals surface area contributed by atoms with Gasteiger partial charge in [-0.1, -0.05) is 19.9 Å². The largest absolute Gasteiger partial charge is 0.492 e. The molecule has 0 saturated heterocycles. The van der Waals surface area contributed by atoms with E-state index in [9.17, 15) is 4.79 Å². The molecule has 0 N–H and O–H groups in total. The quantitative estimate of drug-likeness (QED) is 0.692. The van der Waals surface area contributed by atoms with Gasteiger partial charge in [0.2, 0.25) is 0 Å². The third-order valence-electron chi connectivity index (χ3n) is 2.85. The van der Waals surface area contributed by atoms with Gasteiger partial charge in [-0.25, -0.2) is 0 Å². The summed E-state index contributed by atoms with van der Waals surface area (Å²) < 4.78 is 5.50. The highest BCUT2D eigenvalue weighted by atomic mass is 16.5. The van der Waals surface area contributed by atoms with Crippen LogP contribution >= 0.6 is 0 Å². The fourth-order valence-corrected chi connectivity index (χ4v) is 1.93. The molecule has 80 valence electrons. The average Bonchev–Trinajstić information content (AvgIpc) is 2.62. The Balaban J connectivity index is 2.57. The van der Waals surface area contributed by atoms with Crippen LogP contribution in [0.5, 0.6) is 5.75 Å². The van der Waals surface area contributed by atoms with Gasteiger partial charge in [0, 0.05) is 6.42 Å². The highest BCUT2D eigenvalue weighted by Gasteiger charge is 2.20. The maximum atomic E-state index is 11.5. The van der Waals surface area contributed by atoms with Crippen molar-refractivity contribution in [3.8, 4) is 5.75 Å². The number of Topliss-reactive ketones (excluding diaryl/α,β-unsaturated/α-hetero) is 1. The average molecular weight is 204 g/mol. The van der Waals surface area contributed by atoms with Crippen molar-refractivity contribution in [3.63, 3.8) is 0 Å². The summed E-state index contributed by atoms with van der Waals surface area (Å²) >= 11 is 0. The van der Waals surface area contributed by atoms with Gasteiger partial charge in [-0.05, 0) is 30.0 Å². The summed E-state index contributed by atoms with van der Waals surface area (Å²) in [6.07, 6.45) is 0.927. The first-order chi connectivity index (χ1) is 7.09. The van der Waals surface area contributed by atoms with E-state index in [0.29, 0.717) is 12.5 Å². The van der Waals surface area contributed by atoms with Gasteiger partial charge >= 0.3 is 0 Å². The van der Waals surface area contributed by atoms with Crippen LogP contribution in [0.2, 0.25) is 0 Å². The van der Waals surface area contributed by atoms with Crippen LogP contribution < -0.4 is 4.74 Å². The smallest absolute Gasteiger partial charge is 0.163 e. The van der Waals surface area contributed by atoms with Crippen molar-refractivity contribution in [1.29, 1.82) is 0 Å². The molecule has 2 rings (SSSR count). The normalized spacial score (nSPS) is 13.9. The van der Waals surface area contributed by atoms with Gasteiger partial charge in [0.25, 0.3) is 0 Å². The van der Waals surface area contributed by atoms with Gasteiger partial charge in [0.1, 0.15) is 5.75 Å². The molecule has 1 aromatic rings. The number of benzene rings is 1. The predicted molar refractivity (Wildman–Crippen MR) is 59.7 cm³/mol. The molecule has 1 heterocycles. The fraction of sp³-hybridized carbons (Fsp3) is 0.462. The van der Waals surface area contributed by atoms with Crippen molar-refractivity contribution < 1.29 is 9.53 Å². The lowest BCUT2D eigenvalue weighted by atomic mass is 9.95. The summed E-state index contributed by atoms with van der Waals surface area (Å²) in [5, 5.41) is 0. The van der Waals surface area contributed by atoms with E-state index in [4.69, 9.17) is 4.74 Å². The van der Waals surface area contributed by atoms with Gasteiger partial charge in [-0.2, -0.15) is 0 Å². The Morgan fingerprint density at radius 3 is 2.73 bits per heavy atom. The topological polar surface area (TPSA) is 26.3 Å². The SMILES string of the molecule is CC(=O)c1cc(C(C)C)cc2c1OCC2. The van der Waals surface area contributed by atoms with Crippen molar-refractivity contribution in [3.05, 3.63) is 28.8 Å². The molecule has 2 heteroatoms. The summed E-state index contributed by atoms with van der Waals surface area (Å²) in [4.78, 5) is 11.5. The molecular formula is C13H16O2. The van der Waals surface area contributed by atoms with Gasteiger partial charge in [-0.15, -0.1) is 0 Å². The van der Waals surface area contributed by atoms with Crippen LogP contribution in [0.3, 0.4) is 0 Å². The van der Waals surface area contributed by atoms with E-state index < -0.39 is 0 Å². The van der Waals surface area contributed by atoms with Gasteiger partial charge in [0.15, 0.2) is 5.78 Å². The lowest BCUT2D eigenvalue weighted by Crippen LogP contribution is -1.99. The number of hydrogen-bond acceptors (Lipinski definition) is 2. The summed E-state index contributed by atoms with van der Waals surface area (Å²) in [6, 6.07) is 4.14. The van der Waals surface area contributed by atoms with E-state index in [-0.39, 0.29) is 5.78 Å². The van der Waals surface area contributed by atoms with Crippen LogP contribution in [0.4, 0.5) is 0 Å². The lowest BCUT2D eigenvalue weighted by molar-refractivity contribution is 0.101. The summed E-state index contributed by atoms with van der Waals surface area (Å²) in [7, 11) is 0. The minimum absolute atomic E-state index is 0.0932. The van der Waals surface area contributed by atoms with Crippen LogP contribution in [0.1, 0.15) is 48.2 Å². The van der Waals surface area contributed by atoms with Crippen molar-refractivity contribution >= 4 is 5.78 Å². The monoisotopic (exact) mass is 204 g/mol. The second-order valence-electron chi connectivity index (χ2n) is 4.37. The van der Waals surface area contributed by atoms with E-state index >= 15 is 0 Å². The third kappa shape index (κ3) is 1.76. The molecule has 0 spiro atoms. The summed E-state index contributed by atoms with van der Waals surface area (Å²) in [6.45, 7) is 6.58. The Kier molecular flexibility index (Phi) is 2.51. The van der Waals surface area contributed by atoms with Crippen molar-refractivity contribution in [2.24, 2.45) is 0 Å². The molecule has 0 unspecified atom stereocenters. The van der Waals surface area contributed by atoms with Crippen molar-refractivity contribution in [1.82, 2.24) is 0 Å². The first-order valence-corrected chi connectivity index (χ1v) is 5.40. The lowest BCUT2D eigenvalue weighted by Gasteiger charge is -2.11. The summed E-state index contributed by atoms with van der Waals surface area (Å²) in [5.74, 6) is 1.36. The number of hydrogen-bond donors (Lipinski definition) is 0. The number of carbonyl (C=O) groups excluding carboxylic acids is 1. The molecule has 1 aromatic carbocycles. The maximum absolute atomic E-state index is 11.5. The molecule has 0 atom stereocenters.